The molecule has 172 valence electrons. The molecule has 3 aliphatic rings. The molecule has 0 radical (unpaired) electrons. The number of hydrogen-bond donors (Lipinski definition) is 0. The van der Waals surface area contributed by atoms with E-state index in [2.05, 4.69) is 34.6 Å². The minimum absolute atomic E-state index is 0.0522. The first-order valence-corrected chi connectivity index (χ1v) is 12.8. The van der Waals surface area contributed by atoms with Crippen molar-refractivity contribution in [3.05, 3.63) is 0 Å². The normalized spacial score (nSPS) is 40.3. The summed E-state index contributed by atoms with van der Waals surface area (Å²) >= 11 is 0. The summed E-state index contributed by atoms with van der Waals surface area (Å²) in [5.41, 5.74) is -0.125. The van der Waals surface area contributed by atoms with Crippen LogP contribution in [0.25, 0.3) is 0 Å². The molecular weight excluding hydrogens is 372 g/mol. The Kier molecular flexibility index (Phi) is 7.40. The van der Waals surface area contributed by atoms with Gasteiger partial charge in [0, 0.05) is 11.8 Å². The number of rotatable bonds is 7. The molecule has 3 rings (SSSR count). The van der Waals surface area contributed by atoms with Crippen molar-refractivity contribution in [2.75, 3.05) is 7.11 Å². The van der Waals surface area contributed by atoms with Gasteiger partial charge < -0.3 is 4.74 Å². The van der Waals surface area contributed by atoms with E-state index in [9.17, 15) is 9.59 Å². The summed E-state index contributed by atoms with van der Waals surface area (Å²) in [4.78, 5) is 26.2. The molecule has 0 heterocycles. The first-order chi connectivity index (χ1) is 14.1. The number of ketones is 1. The average Bonchev–Trinajstić information content (AvgIpc) is 3.05. The molecule has 0 aromatic heterocycles. The van der Waals surface area contributed by atoms with Crippen LogP contribution in [0.5, 0.6) is 0 Å². The van der Waals surface area contributed by atoms with Crippen LogP contribution in [-0.4, -0.2) is 18.9 Å². The third-order valence-electron chi connectivity index (χ3n) is 9.75. The SMILES string of the molecule is COC(=O)C1C(C2(C)CCCCC2=O)CCC2(C)C(C(C)CCCC(C)C)CCC12. The number of esters is 1. The Morgan fingerprint density at radius 2 is 1.77 bits per heavy atom. The summed E-state index contributed by atoms with van der Waals surface area (Å²) in [6, 6.07) is 0. The van der Waals surface area contributed by atoms with Crippen LogP contribution in [0.3, 0.4) is 0 Å². The van der Waals surface area contributed by atoms with E-state index in [0.29, 0.717) is 30.0 Å². The van der Waals surface area contributed by atoms with E-state index in [1.165, 1.54) is 32.8 Å². The maximum absolute atomic E-state index is 13.1. The molecule has 0 aromatic rings. The quantitative estimate of drug-likeness (QED) is 0.426. The fourth-order valence-corrected chi connectivity index (χ4v) is 7.94. The van der Waals surface area contributed by atoms with Gasteiger partial charge in [0.05, 0.1) is 13.0 Å². The Bertz CT molecular complexity index is 626. The molecule has 3 fully saturated rings. The van der Waals surface area contributed by atoms with Crippen LogP contribution in [-0.2, 0) is 14.3 Å². The Morgan fingerprint density at radius 1 is 1.03 bits per heavy atom. The number of hydrogen-bond acceptors (Lipinski definition) is 3. The van der Waals surface area contributed by atoms with Gasteiger partial charge in [0.15, 0.2) is 0 Å². The van der Waals surface area contributed by atoms with Gasteiger partial charge in [0.2, 0.25) is 0 Å². The van der Waals surface area contributed by atoms with Crippen LogP contribution >= 0.6 is 0 Å². The molecule has 0 N–H and O–H groups in total. The van der Waals surface area contributed by atoms with Crippen LogP contribution in [0.2, 0.25) is 0 Å². The second-order valence-corrected chi connectivity index (χ2v) is 11.8. The molecule has 30 heavy (non-hydrogen) atoms. The molecule has 7 atom stereocenters. The van der Waals surface area contributed by atoms with E-state index in [1.54, 1.807) is 0 Å². The van der Waals surface area contributed by atoms with Crippen molar-refractivity contribution in [2.45, 2.75) is 105 Å². The fraction of sp³-hybridized carbons (Fsp3) is 0.926. The van der Waals surface area contributed by atoms with E-state index < -0.39 is 0 Å². The van der Waals surface area contributed by atoms with Crippen LogP contribution in [0.15, 0.2) is 0 Å². The van der Waals surface area contributed by atoms with Crippen molar-refractivity contribution in [2.24, 2.45) is 46.3 Å². The lowest BCUT2D eigenvalue weighted by Crippen LogP contribution is -2.53. The lowest BCUT2D eigenvalue weighted by atomic mass is 9.50. The van der Waals surface area contributed by atoms with Crippen molar-refractivity contribution in [1.82, 2.24) is 0 Å². The molecule has 0 amide bonds. The highest BCUT2D eigenvalue weighted by Gasteiger charge is 2.61. The van der Waals surface area contributed by atoms with Crippen molar-refractivity contribution < 1.29 is 14.3 Å². The van der Waals surface area contributed by atoms with Crippen LogP contribution in [0.4, 0.5) is 0 Å². The second-order valence-electron chi connectivity index (χ2n) is 11.8. The molecule has 7 unspecified atom stereocenters. The Balaban J connectivity index is 1.82. The molecule has 0 aromatic carbocycles. The highest BCUT2D eigenvalue weighted by molar-refractivity contribution is 5.86. The number of carbonyl (C=O) groups is 2. The second kappa shape index (κ2) is 9.33. The Morgan fingerprint density at radius 3 is 2.40 bits per heavy atom. The minimum Gasteiger partial charge on any atom is -0.469 e. The summed E-state index contributed by atoms with van der Waals surface area (Å²) in [6.45, 7) is 11.7. The number of fused-ring (bicyclic) bond motifs is 1. The summed E-state index contributed by atoms with van der Waals surface area (Å²) in [5.74, 6) is 2.94. The van der Waals surface area contributed by atoms with Crippen molar-refractivity contribution in [3.63, 3.8) is 0 Å². The Hall–Kier alpha value is -0.860. The molecule has 3 nitrogen and oxygen atoms in total. The van der Waals surface area contributed by atoms with Gasteiger partial charge in [-0.05, 0) is 73.5 Å². The zero-order valence-electron chi connectivity index (χ0n) is 20.5. The fourth-order valence-electron chi connectivity index (χ4n) is 7.94. The van der Waals surface area contributed by atoms with Crippen molar-refractivity contribution >= 4 is 11.8 Å². The third-order valence-corrected chi connectivity index (χ3v) is 9.75. The molecule has 0 bridgehead atoms. The molecule has 3 aliphatic carbocycles. The van der Waals surface area contributed by atoms with E-state index in [0.717, 1.165) is 44.4 Å². The monoisotopic (exact) mass is 418 g/mol. The van der Waals surface area contributed by atoms with Gasteiger partial charge in [0.25, 0.3) is 0 Å². The topological polar surface area (TPSA) is 43.4 Å². The van der Waals surface area contributed by atoms with Gasteiger partial charge in [0.1, 0.15) is 5.78 Å². The molecule has 0 saturated heterocycles. The number of ether oxygens (including phenoxy) is 1. The Labute approximate surface area is 185 Å². The lowest BCUT2D eigenvalue weighted by molar-refractivity contribution is -0.164. The van der Waals surface area contributed by atoms with E-state index in [1.807, 2.05) is 0 Å². The maximum atomic E-state index is 13.1. The van der Waals surface area contributed by atoms with Crippen LogP contribution < -0.4 is 0 Å². The maximum Gasteiger partial charge on any atom is 0.309 e. The van der Waals surface area contributed by atoms with Gasteiger partial charge in [-0.25, -0.2) is 0 Å². The van der Waals surface area contributed by atoms with Gasteiger partial charge in [-0.1, -0.05) is 60.3 Å². The van der Waals surface area contributed by atoms with E-state index in [-0.39, 0.29) is 28.6 Å². The largest absolute Gasteiger partial charge is 0.469 e. The highest BCUT2D eigenvalue weighted by atomic mass is 16.5. The number of methoxy groups -OCH3 is 1. The summed E-state index contributed by atoms with van der Waals surface area (Å²) < 4.78 is 5.38. The summed E-state index contributed by atoms with van der Waals surface area (Å²) in [7, 11) is 1.54. The molecule has 3 heteroatoms. The average molecular weight is 419 g/mol. The van der Waals surface area contributed by atoms with Gasteiger partial charge in [-0.2, -0.15) is 0 Å². The molecule has 3 saturated carbocycles. The smallest absolute Gasteiger partial charge is 0.309 e. The first kappa shape index (κ1) is 23.8. The predicted octanol–water partition coefficient (Wildman–Crippen LogP) is 6.83. The standard InChI is InChI=1S/C27H46O3/c1-18(2)10-9-11-19(3)20-13-14-21-24(25(29)30-6)22(15-17-26(20,21)4)27(5)16-8-7-12-23(27)28/h18-22,24H,7-17H2,1-6H3. The van der Waals surface area contributed by atoms with E-state index >= 15 is 0 Å². The van der Waals surface area contributed by atoms with Gasteiger partial charge >= 0.3 is 5.97 Å². The molecule has 0 spiro atoms. The van der Waals surface area contributed by atoms with Crippen LogP contribution in [0.1, 0.15) is 105 Å². The number of carbonyl (C=O) groups excluding carboxylic acids is 2. The molecular formula is C27H46O3. The number of Topliss-reactive ketones (excluding diaryl/α,β-unsaturated/α-hetero) is 1. The molecule has 0 aliphatic heterocycles. The lowest BCUT2D eigenvalue weighted by Gasteiger charge is -2.53. The zero-order chi connectivity index (χ0) is 22.1. The zero-order valence-corrected chi connectivity index (χ0v) is 20.5. The first-order valence-electron chi connectivity index (χ1n) is 12.8. The minimum atomic E-state index is -0.334. The summed E-state index contributed by atoms with van der Waals surface area (Å²) in [5, 5.41) is 0. The van der Waals surface area contributed by atoms with Crippen molar-refractivity contribution in [3.8, 4) is 0 Å². The highest BCUT2D eigenvalue weighted by Crippen LogP contribution is 2.64. The van der Waals surface area contributed by atoms with Gasteiger partial charge in [-0.15, -0.1) is 0 Å². The third kappa shape index (κ3) is 4.24. The predicted molar refractivity (Wildman–Crippen MR) is 122 cm³/mol. The summed E-state index contributed by atoms with van der Waals surface area (Å²) in [6.07, 6.45) is 12.2. The van der Waals surface area contributed by atoms with Gasteiger partial charge in [-0.3, -0.25) is 9.59 Å². The van der Waals surface area contributed by atoms with E-state index in [4.69, 9.17) is 4.74 Å². The van der Waals surface area contributed by atoms with Crippen LogP contribution in [0, 0.1) is 46.3 Å². The van der Waals surface area contributed by atoms with Crippen molar-refractivity contribution in [1.29, 1.82) is 0 Å².